The molecular formula is C18H32O15. The number of hydrogen-bond acceptors (Lipinski definition) is 15. The maximum absolute atomic E-state index is 10.7. The summed E-state index contributed by atoms with van der Waals surface area (Å²) in [6.07, 6.45) is -21.5. The molecular weight excluding hydrogens is 456 g/mol. The summed E-state index contributed by atoms with van der Waals surface area (Å²) in [6, 6.07) is 0. The summed E-state index contributed by atoms with van der Waals surface area (Å²) >= 11 is 0. The van der Waals surface area contributed by atoms with Gasteiger partial charge in [0.15, 0.2) is 18.9 Å². The molecule has 0 aliphatic carbocycles. The molecule has 0 aromatic carbocycles. The van der Waals surface area contributed by atoms with Crippen LogP contribution in [-0.4, -0.2) is 157 Å². The summed E-state index contributed by atoms with van der Waals surface area (Å²) < 4.78 is 26.7. The van der Waals surface area contributed by atoms with Gasteiger partial charge < -0.3 is 74.7 Å². The minimum absolute atomic E-state index is 0.205. The molecule has 0 radical (unpaired) electrons. The lowest BCUT2D eigenvalue weighted by atomic mass is 9.96. The molecule has 0 amide bonds. The topological polar surface area (TPSA) is 248 Å². The molecule has 15 heteroatoms. The third kappa shape index (κ3) is 5.64. The van der Waals surface area contributed by atoms with Crippen molar-refractivity contribution in [3.8, 4) is 0 Å². The van der Waals surface area contributed by atoms with Gasteiger partial charge in [0.2, 0.25) is 0 Å². The Morgan fingerprint density at radius 1 is 0.576 bits per heavy atom. The van der Waals surface area contributed by atoms with E-state index in [0.717, 1.165) is 0 Å². The molecule has 10 N–H and O–H groups in total. The number of aliphatic hydroxyl groups is 10. The van der Waals surface area contributed by atoms with Gasteiger partial charge in [0.1, 0.15) is 61.0 Å². The van der Waals surface area contributed by atoms with Crippen LogP contribution in [-0.2, 0) is 23.7 Å². The van der Waals surface area contributed by atoms with E-state index in [1.165, 1.54) is 0 Å². The zero-order chi connectivity index (χ0) is 24.4. The van der Waals surface area contributed by atoms with Crippen molar-refractivity contribution >= 4 is 0 Å². The molecule has 3 heterocycles. The predicted octanol–water partition coefficient (Wildman–Crippen LogP) is -6.54. The van der Waals surface area contributed by atoms with Gasteiger partial charge in [-0.3, -0.25) is 0 Å². The van der Waals surface area contributed by atoms with Gasteiger partial charge in [-0.2, -0.15) is 0 Å². The van der Waals surface area contributed by atoms with Crippen LogP contribution >= 0.6 is 0 Å². The molecule has 0 aromatic rings. The van der Waals surface area contributed by atoms with Crippen molar-refractivity contribution in [1.82, 2.24) is 0 Å². The minimum atomic E-state index is -1.82. The third-order valence-electron chi connectivity index (χ3n) is 5.98. The molecule has 194 valence electrons. The van der Waals surface area contributed by atoms with E-state index in [1.54, 1.807) is 0 Å². The van der Waals surface area contributed by atoms with Gasteiger partial charge in [-0.05, 0) is 0 Å². The molecule has 3 rings (SSSR count). The fraction of sp³-hybridized carbons (Fsp3) is 1.00. The predicted molar refractivity (Wildman–Crippen MR) is 99.9 cm³/mol. The highest BCUT2D eigenvalue weighted by molar-refractivity contribution is 4.95. The van der Waals surface area contributed by atoms with Crippen LogP contribution in [0.25, 0.3) is 0 Å². The average Bonchev–Trinajstić information content (AvgIpc) is 2.80. The highest BCUT2D eigenvalue weighted by Gasteiger charge is 2.52. The largest absolute Gasteiger partial charge is 0.394 e. The van der Waals surface area contributed by atoms with Crippen LogP contribution in [0.15, 0.2) is 0 Å². The number of aliphatic hydroxyl groups excluding tert-OH is 10. The van der Waals surface area contributed by atoms with Crippen molar-refractivity contribution in [2.75, 3.05) is 19.8 Å². The van der Waals surface area contributed by atoms with Crippen molar-refractivity contribution in [3.63, 3.8) is 0 Å². The second kappa shape index (κ2) is 11.4. The van der Waals surface area contributed by atoms with Crippen LogP contribution in [0.4, 0.5) is 0 Å². The summed E-state index contributed by atoms with van der Waals surface area (Å²) in [5.74, 6) is 0. The summed E-state index contributed by atoms with van der Waals surface area (Å²) in [6.45, 7) is -2.07. The lowest BCUT2D eigenvalue weighted by molar-refractivity contribution is -0.371. The van der Waals surface area contributed by atoms with Crippen LogP contribution in [0.2, 0.25) is 0 Å². The molecule has 0 bridgehead atoms. The second-order valence-corrected chi connectivity index (χ2v) is 8.23. The van der Waals surface area contributed by atoms with Gasteiger partial charge in [-0.15, -0.1) is 0 Å². The molecule has 3 aliphatic heterocycles. The smallest absolute Gasteiger partial charge is 0.187 e. The Balaban J connectivity index is 1.75. The van der Waals surface area contributed by atoms with Crippen molar-refractivity contribution < 1.29 is 74.7 Å². The number of rotatable bonds is 7. The zero-order valence-corrected chi connectivity index (χ0v) is 17.4. The molecule has 0 aromatic heterocycles. The second-order valence-electron chi connectivity index (χ2n) is 8.23. The maximum Gasteiger partial charge on any atom is 0.187 e. The van der Waals surface area contributed by atoms with Gasteiger partial charge >= 0.3 is 0 Å². The zero-order valence-electron chi connectivity index (χ0n) is 17.4. The Labute approximate surface area is 187 Å². The van der Waals surface area contributed by atoms with Crippen LogP contribution in [0.1, 0.15) is 6.42 Å². The van der Waals surface area contributed by atoms with E-state index in [1.807, 2.05) is 0 Å². The fourth-order valence-corrected chi connectivity index (χ4v) is 4.00. The SMILES string of the molecule is OCC1O[C@@H](O)C(O)C[C@@H]1O[C@@H]1OC(CO)[C@H](O)[C@H](O[C@@H]2OC(CO)[C@H](O)[C@H](O)C2O)C1O. The monoisotopic (exact) mass is 488 g/mol. The summed E-state index contributed by atoms with van der Waals surface area (Å²) in [5.41, 5.74) is 0. The van der Waals surface area contributed by atoms with Gasteiger partial charge in [0, 0.05) is 6.42 Å². The van der Waals surface area contributed by atoms with Gasteiger partial charge in [0.05, 0.1) is 25.9 Å². The Bertz CT molecular complexity index is 609. The van der Waals surface area contributed by atoms with Crippen LogP contribution in [0.5, 0.6) is 0 Å². The Hall–Kier alpha value is -0.600. The van der Waals surface area contributed by atoms with Crippen LogP contribution in [0, 0.1) is 0 Å². The first kappa shape index (κ1) is 27.0. The lowest BCUT2D eigenvalue weighted by Gasteiger charge is -2.47. The van der Waals surface area contributed by atoms with E-state index < -0.39 is 106 Å². The molecule has 33 heavy (non-hydrogen) atoms. The minimum Gasteiger partial charge on any atom is -0.394 e. The standard InChI is InChI=1S/C18H32O15/c19-2-7-6(1-5(22)16(28)29-7)30-18-14(27)15(11(24)9(4-21)32-18)33-17-13(26)12(25)10(23)8(3-20)31-17/h5-28H,1-4H2/t5?,6-,7?,8?,9?,10-,11-,12-,13?,14?,15-,16+,17-,18+/m0/s1. The van der Waals surface area contributed by atoms with E-state index in [2.05, 4.69) is 0 Å². The molecule has 0 saturated carbocycles. The Morgan fingerprint density at radius 2 is 1.12 bits per heavy atom. The Morgan fingerprint density at radius 3 is 1.70 bits per heavy atom. The van der Waals surface area contributed by atoms with Crippen molar-refractivity contribution in [1.29, 1.82) is 0 Å². The molecule has 3 saturated heterocycles. The molecule has 6 unspecified atom stereocenters. The third-order valence-corrected chi connectivity index (χ3v) is 5.98. The first-order chi connectivity index (χ1) is 15.6. The van der Waals surface area contributed by atoms with Gasteiger partial charge in [-0.1, -0.05) is 0 Å². The molecule has 0 spiro atoms. The summed E-state index contributed by atoms with van der Waals surface area (Å²) in [4.78, 5) is 0. The molecule has 3 aliphatic rings. The molecule has 14 atom stereocenters. The van der Waals surface area contributed by atoms with Gasteiger partial charge in [-0.25, -0.2) is 0 Å². The summed E-state index contributed by atoms with van der Waals surface area (Å²) in [7, 11) is 0. The van der Waals surface area contributed by atoms with E-state index in [9.17, 15) is 51.1 Å². The lowest BCUT2D eigenvalue weighted by Crippen LogP contribution is -2.65. The highest BCUT2D eigenvalue weighted by atomic mass is 16.7. The quantitative estimate of drug-likeness (QED) is 0.160. The Kier molecular flexibility index (Phi) is 9.35. The van der Waals surface area contributed by atoms with Crippen LogP contribution < -0.4 is 0 Å². The van der Waals surface area contributed by atoms with Crippen molar-refractivity contribution in [2.45, 2.75) is 92.4 Å². The van der Waals surface area contributed by atoms with Crippen molar-refractivity contribution in [2.24, 2.45) is 0 Å². The number of ether oxygens (including phenoxy) is 5. The first-order valence-corrected chi connectivity index (χ1v) is 10.5. The highest BCUT2D eigenvalue weighted by Crippen LogP contribution is 2.32. The van der Waals surface area contributed by atoms with E-state index in [-0.39, 0.29) is 6.42 Å². The van der Waals surface area contributed by atoms with E-state index in [4.69, 9.17) is 23.7 Å². The first-order valence-electron chi connectivity index (χ1n) is 10.5. The van der Waals surface area contributed by atoms with Crippen LogP contribution in [0.3, 0.4) is 0 Å². The van der Waals surface area contributed by atoms with Gasteiger partial charge in [0.25, 0.3) is 0 Å². The molecule has 15 nitrogen and oxygen atoms in total. The maximum atomic E-state index is 10.7. The van der Waals surface area contributed by atoms with E-state index in [0.29, 0.717) is 0 Å². The average molecular weight is 488 g/mol. The number of hydrogen-bond donors (Lipinski definition) is 10. The molecule has 3 fully saturated rings. The fourth-order valence-electron chi connectivity index (χ4n) is 4.00. The summed E-state index contributed by atoms with van der Waals surface area (Å²) in [5, 5.41) is 99.0. The van der Waals surface area contributed by atoms with E-state index >= 15 is 0 Å². The van der Waals surface area contributed by atoms with Crippen molar-refractivity contribution in [3.05, 3.63) is 0 Å². The normalized spacial score (nSPS) is 51.5.